The van der Waals surface area contributed by atoms with Crippen LogP contribution in [-0.2, 0) is 0 Å². The van der Waals surface area contributed by atoms with Crippen LogP contribution < -0.4 is 10.1 Å². The van der Waals surface area contributed by atoms with E-state index in [4.69, 9.17) is 16.3 Å². The zero-order valence-corrected chi connectivity index (χ0v) is 13.0. The molecule has 1 aromatic carbocycles. The van der Waals surface area contributed by atoms with E-state index in [0.717, 1.165) is 17.2 Å². The minimum atomic E-state index is 0.341. The fraction of sp³-hybridized carbons (Fsp3) is 0.647. The molecule has 1 spiro atoms. The van der Waals surface area contributed by atoms with Gasteiger partial charge in [-0.05, 0) is 38.1 Å². The molecule has 1 aromatic rings. The van der Waals surface area contributed by atoms with E-state index in [2.05, 4.69) is 12.4 Å². The first kappa shape index (κ1) is 14.2. The maximum Gasteiger partial charge on any atom is 0.121 e. The molecule has 20 heavy (non-hydrogen) atoms. The maximum absolute atomic E-state index is 6.29. The van der Waals surface area contributed by atoms with Crippen LogP contribution in [0.4, 0.5) is 0 Å². The van der Waals surface area contributed by atoms with Gasteiger partial charge in [0.25, 0.3) is 0 Å². The number of halogens is 1. The summed E-state index contributed by atoms with van der Waals surface area (Å²) in [6, 6.07) is 8.42. The molecule has 2 fully saturated rings. The molecule has 0 amide bonds. The highest BCUT2D eigenvalue weighted by Crippen LogP contribution is 2.52. The Balaban J connectivity index is 1.75. The van der Waals surface area contributed by atoms with Crippen molar-refractivity contribution in [2.45, 2.75) is 57.1 Å². The molecule has 1 N–H and O–H groups in total. The topological polar surface area (TPSA) is 21.3 Å². The van der Waals surface area contributed by atoms with Crippen molar-refractivity contribution in [1.82, 2.24) is 5.32 Å². The van der Waals surface area contributed by atoms with E-state index >= 15 is 0 Å². The first-order valence-corrected chi connectivity index (χ1v) is 8.22. The minimum absolute atomic E-state index is 0.341. The average molecular weight is 294 g/mol. The molecule has 3 rings (SSSR count). The Hall–Kier alpha value is -0.730. The summed E-state index contributed by atoms with van der Waals surface area (Å²) < 4.78 is 6.29. The molecule has 0 heterocycles. The molecular weight excluding hydrogens is 270 g/mol. The van der Waals surface area contributed by atoms with E-state index in [9.17, 15) is 0 Å². The van der Waals surface area contributed by atoms with Gasteiger partial charge >= 0.3 is 0 Å². The fourth-order valence-corrected chi connectivity index (χ4v) is 4.26. The van der Waals surface area contributed by atoms with Crippen molar-refractivity contribution >= 4 is 11.6 Å². The Kier molecular flexibility index (Phi) is 4.23. The summed E-state index contributed by atoms with van der Waals surface area (Å²) in [5.41, 5.74) is 0.341. The Morgan fingerprint density at radius 1 is 1.20 bits per heavy atom. The molecule has 2 aliphatic rings. The van der Waals surface area contributed by atoms with Gasteiger partial charge in [0.05, 0.1) is 0 Å². The van der Waals surface area contributed by atoms with Crippen molar-refractivity contribution in [1.29, 1.82) is 0 Å². The molecule has 2 nitrogen and oxygen atoms in total. The van der Waals surface area contributed by atoms with Gasteiger partial charge in [-0.15, -0.1) is 0 Å². The zero-order chi connectivity index (χ0) is 14.0. The molecule has 3 heteroatoms. The monoisotopic (exact) mass is 293 g/mol. The van der Waals surface area contributed by atoms with Gasteiger partial charge in [0.1, 0.15) is 11.9 Å². The number of benzene rings is 1. The van der Waals surface area contributed by atoms with Crippen LogP contribution in [0.3, 0.4) is 0 Å². The molecule has 0 radical (unpaired) electrons. The first-order valence-electron chi connectivity index (χ1n) is 7.84. The maximum atomic E-state index is 6.29. The largest absolute Gasteiger partial charge is 0.490 e. The number of rotatable bonds is 3. The van der Waals surface area contributed by atoms with Crippen LogP contribution >= 0.6 is 11.6 Å². The number of hydrogen-bond acceptors (Lipinski definition) is 2. The lowest BCUT2D eigenvalue weighted by Crippen LogP contribution is -2.64. The van der Waals surface area contributed by atoms with E-state index < -0.39 is 0 Å². The summed E-state index contributed by atoms with van der Waals surface area (Å²) >= 11 is 6.06. The Labute approximate surface area is 126 Å². The standard InChI is InChI=1S/C17H24ClNO/c1-19-15-12-16(17(15)9-4-2-3-5-10-17)20-14-8-6-7-13(18)11-14/h6-8,11,15-16,19H,2-5,9-10,12H2,1H3. The van der Waals surface area contributed by atoms with E-state index in [-0.39, 0.29) is 0 Å². The van der Waals surface area contributed by atoms with Crippen LogP contribution in [0.25, 0.3) is 0 Å². The van der Waals surface area contributed by atoms with Gasteiger partial charge in [-0.25, -0.2) is 0 Å². The van der Waals surface area contributed by atoms with Gasteiger partial charge in [0.15, 0.2) is 0 Å². The van der Waals surface area contributed by atoms with Crippen LogP contribution in [0.1, 0.15) is 44.9 Å². The third kappa shape index (κ3) is 2.56. The number of nitrogens with one attached hydrogen (secondary N) is 1. The predicted molar refractivity (Wildman–Crippen MR) is 83.5 cm³/mol. The van der Waals surface area contributed by atoms with Crippen LogP contribution in [0.15, 0.2) is 24.3 Å². The SMILES string of the molecule is CNC1CC(Oc2cccc(Cl)c2)C12CCCCCC2. The third-order valence-electron chi connectivity index (χ3n) is 5.24. The van der Waals surface area contributed by atoms with Crippen molar-refractivity contribution in [3.63, 3.8) is 0 Å². The Bertz CT molecular complexity index is 454. The fourth-order valence-electron chi connectivity index (χ4n) is 4.08. The average Bonchev–Trinajstić information content (AvgIpc) is 2.71. The molecular formula is C17H24ClNO. The quantitative estimate of drug-likeness (QED) is 0.891. The molecule has 2 saturated carbocycles. The predicted octanol–water partition coefficient (Wildman–Crippen LogP) is 4.42. The molecule has 2 unspecified atom stereocenters. The van der Waals surface area contributed by atoms with Gasteiger partial charge in [-0.2, -0.15) is 0 Å². The second-order valence-corrected chi connectivity index (χ2v) is 6.72. The van der Waals surface area contributed by atoms with E-state index in [1.807, 2.05) is 24.3 Å². The summed E-state index contributed by atoms with van der Waals surface area (Å²) in [4.78, 5) is 0. The van der Waals surface area contributed by atoms with Gasteiger partial charge in [0.2, 0.25) is 0 Å². The lowest BCUT2D eigenvalue weighted by molar-refractivity contribution is -0.0881. The first-order chi connectivity index (χ1) is 9.74. The van der Waals surface area contributed by atoms with Crippen LogP contribution in [0, 0.1) is 5.41 Å². The molecule has 0 saturated heterocycles. The van der Waals surface area contributed by atoms with Crippen molar-refractivity contribution in [3.8, 4) is 5.75 Å². The highest BCUT2D eigenvalue weighted by Gasteiger charge is 2.55. The molecule has 0 aromatic heterocycles. The summed E-state index contributed by atoms with van der Waals surface area (Å²) in [6.45, 7) is 0. The van der Waals surface area contributed by atoms with Crippen molar-refractivity contribution in [2.24, 2.45) is 5.41 Å². The molecule has 2 aliphatic carbocycles. The highest BCUT2D eigenvalue weighted by atomic mass is 35.5. The summed E-state index contributed by atoms with van der Waals surface area (Å²) in [6.07, 6.45) is 9.48. The molecule has 0 aliphatic heterocycles. The van der Waals surface area contributed by atoms with Crippen LogP contribution in [0.2, 0.25) is 5.02 Å². The van der Waals surface area contributed by atoms with E-state index in [1.165, 1.54) is 38.5 Å². The second-order valence-electron chi connectivity index (χ2n) is 6.29. The van der Waals surface area contributed by atoms with Gasteiger partial charge < -0.3 is 10.1 Å². The summed E-state index contributed by atoms with van der Waals surface area (Å²) in [7, 11) is 2.09. The number of hydrogen-bond donors (Lipinski definition) is 1. The van der Waals surface area contributed by atoms with E-state index in [1.54, 1.807) is 0 Å². The van der Waals surface area contributed by atoms with Gasteiger partial charge in [0, 0.05) is 22.9 Å². The van der Waals surface area contributed by atoms with Crippen LogP contribution in [0.5, 0.6) is 5.75 Å². The summed E-state index contributed by atoms with van der Waals surface area (Å²) in [5.74, 6) is 0.917. The smallest absolute Gasteiger partial charge is 0.121 e. The lowest BCUT2D eigenvalue weighted by atomic mass is 9.58. The highest BCUT2D eigenvalue weighted by molar-refractivity contribution is 6.30. The van der Waals surface area contributed by atoms with Crippen LogP contribution in [-0.4, -0.2) is 19.2 Å². The third-order valence-corrected chi connectivity index (χ3v) is 5.48. The summed E-state index contributed by atoms with van der Waals surface area (Å²) in [5, 5.41) is 4.26. The van der Waals surface area contributed by atoms with Crippen molar-refractivity contribution < 1.29 is 4.74 Å². The van der Waals surface area contributed by atoms with Crippen molar-refractivity contribution in [3.05, 3.63) is 29.3 Å². The second kappa shape index (κ2) is 5.95. The molecule has 110 valence electrons. The zero-order valence-electron chi connectivity index (χ0n) is 12.2. The Morgan fingerprint density at radius 2 is 1.95 bits per heavy atom. The minimum Gasteiger partial charge on any atom is -0.490 e. The normalized spacial score (nSPS) is 28.7. The lowest BCUT2D eigenvalue weighted by Gasteiger charge is -2.55. The number of ether oxygens (including phenoxy) is 1. The van der Waals surface area contributed by atoms with E-state index in [0.29, 0.717) is 17.6 Å². The Morgan fingerprint density at radius 3 is 2.60 bits per heavy atom. The van der Waals surface area contributed by atoms with Gasteiger partial charge in [-0.3, -0.25) is 0 Å². The molecule has 2 atom stereocenters. The van der Waals surface area contributed by atoms with Crippen molar-refractivity contribution in [2.75, 3.05) is 7.05 Å². The van der Waals surface area contributed by atoms with Gasteiger partial charge in [-0.1, -0.05) is 43.4 Å². The molecule has 0 bridgehead atoms.